The summed E-state index contributed by atoms with van der Waals surface area (Å²) in [6, 6.07) is 6.72. The third kappa shape index (κ3) is 7.06. The lowest BCUT2D eigenvalue weighted by molar-refractivity contribution is -0.137. The molecule has 3 heterocycles. The Balaban J connectivity index is 1.40. The molecule has 2 aromatic heterocycles. The first kappa shape index (κ1) is 22.2. The summed E-state index contributed by atoms with van der Waals surface area (Å²) >= 11 is 0. The molecular formula is C22H27N5O4. The van der Waals surface area contributed by atoms with E-state index < -0.39 is 23.8 Å². The van der Waals surface area contributed by atoms with Crippen molar-refractivity contribution in [3.05, 3.63) is 53.5 Å². The molecule has 0 bridgehead atoms. The van der Waals surface area contributed by atoms with E-state index in [1.54, 1.807) is 18.3 Å². The number of hydrogen-bond acceptors (Lipinski definition) is 6. The second-order valence-corrected chi connectivity index (χ2v) is 7.48. The van der Waals surface area contributed by atoms with Gasteiger partial charge in [0, 0.05) is 31.2 Å². The number of fused-ring (bicyclic) bond motifs is 1. The lowest BCUT2D eigenvalue weighted by Gasteiger charge is -2.17. The van der Waals surface area contributed by atoms with Crippen molar-refractivity contribution in [2.24, 2.45) is 0 Å². The van der Waals surface area contributed by atoms with Gasteiger partial charge < -0.3 is 21.1 Å². The first-order valence-electron chi connectivity index (χ1n) is 10.4. The molecule has 0 fully saturated rings. The summed E-state index contributed by atoms with van der Waals surface area (Å²) in [5.74, 6) is -1.04. The third-order valence-electron chi connectivity index (χ3n) is 5.01. The maximum absolute atomic E-state index is 12.2. The number of aryl methyl sites for hydroxylation is 2. The highest BCUT2D eigenvalue weighted by molar-refractivity contribution is 5.97. The first-order chi connectivity index (χ1) is 15.0. The minimum absolute atomic E-state index is 0.290. The van der Waals surface area contributed by atoms with Crippen molar-refractivity contribution >= 4 is 23.6 Å². The molecule has 0 saturated heterocycles. The zero-order valence-electron chi connectivity index (χ0n) is 17.3. The molecule has 164 valence electrons. The minimum atomic E-state index is -1.05. The van der Waals surface area contributed by atoms with Crippen LogP contribution in [0.2, 0.25) is 0 Å². The molecule has 1 aliphatic heterocycles. The smallest absolute Gasteiger partial charge is 0.305 e. The molecular weight excluding hydrogens is 398 g/mol. The predicted octanol–water partition coefficient (Wildman–Crippen LogP) is 1.61. The normalized spacial score (nSPS) is 13.4. The fraction of sp³-hybridized carbons (Fsp3) is 0.409. The van der Waals surface area contributed by atoms with Crippen LogP contribution in [0.25, 0.3) is 0 Å². The summed E-state index contributed by atoms with van der Waals surface area (Å²) in [5, 5.41) is 17.7. The van der Waals surface area contributed by atoms with Gasteiger partial charge in [-0.15, -0.1) is 0 Å². The largest absolute Gasteiger partial charge is 0.481 e. The number of rotatable bonds is 10. The maximum Gasteiger partial charge on any atom is 0.305 e. The zero-order valence-corrected chi connectivity index (χ0v) is 17.3. The predicted molar refractivity (Wildman–Crippen MR) is 114 cm³/mol. The molecule has 9 heteroatoms. The van der Waals surface area contributed by atoms with Gasteiger partial charge in [-0.1, -0.05) is 12.1 Å². The monoisotopic (exact) mass is 425 g/mol. The van der Waals surface area contributed by atoms with Crippen molar-refractivity contribution in [3.8, 4) is 0 Å². The van der Waals surface area contributed by atoms with Crippen molar-refractivity contribution in [2.75, 3.05) is 18.4 Å². The second-order valence-electron chi connectivity index (χ2n) is 7.48. The number of carboxylic acid groups (broad SMARTS) is 1. The molecule has 0 spiro atoms. The van der Waals surface area contributed by atoms with Crippen molar-refractivity contribution in [1.29, 1.82) is 0 Å². The highest BCUT2D eigenvalue weighted by Gasteiger charge is 2.19. The average molecular weight is 425 g/mol. The van der Waals surface area contributed by atoms with Gasteiger partial charge in [0.2, 0.25) is 11.8 Å². The lowest BCUT2D eigenvalue weighted by Crippen LogP contribution is -2.35. The van der Waals surface area contributed by atoms with Crippen molar-refractivity contribution in [3.63, 3.8) is 0 Å². The maximum atomic E-state index is 12.2. The van der Waals surface area contributed by atoms with Crippen LogP contribution in [-0.4, -0.2) is 45.9 Å². The van der Waals surface area contributed by atoms with Crippen molar-refractivity contribution in [1.82, 2.24) is 20.6 Å². The summed E-state index contributed by atoms with van der Waals surface area (Å²) < 4.78 is 0. The summed E-state index contributed by atoms with van der Waals surface area (Å²) in [5.41, 5.74) is 2.78. The number of nitrogens with one attached hydrogen (secondary N) is 3. The van der Waals surface area contributed by atoms with Gasteiger partial charge in [-0.3, -0.25) is 19.4 Å². The Bertz CT molecular complexity index is 919. The topological polar surface area (TPSA) is 133 Å². The van der Waals surface area contributed by atoms with Crippen LogP contribution < -0.4 is 16.0 Å². The molecule has 31 heavy (non-hydrogen) atoms. The number of aromatic nitrogens is 2. The second kappa shape index (κ2) is 11.1. The average Bonchev–Trinajstić information content (AvgIpc) is 2.76. The Labute approximate surface area is 180 Å². The van der Waals surface area contributed by atoms with Gasteiger partial charge in [-0.25, -0.2) is 4.98 Å². The van der Waals surface area contributed by atoms with E-state index in [1.165, 1.54) is 11.8 Å². The Morgan fingerprint density at radius 1 is 1.19 bits per heavy atom. The van der Waals surface area contributed by atoms with Crippen LogP contribution in [-0.2, 0) is 27.2 Å². The fourth-order valence-corrected chi connectivity index (χ4v) is 3.47. The van der Waals surface area contributed by atoms with E-state index in [4.69, 9.17) is 5.11 Å². The van der Waals surface area contributed by atoms with Crippen LogP contribution >= 0.6 is 0 Å². The molecule has 9 nitrogen and oxygen atoms in total. The highest BCUT2D eigenvalue weighted by Crippen LogP contribution is 2.20. The third-order valence-corrected chi connectivity index (χ3v) is 5.01. The van der Waals surface area contributed by atoms with Crippen LogP contribution in [0.4, 0.5) is 5.82 Å². The number of amides is 2. The summed E-state index contributed by atoms with van der Waals surface area (Å²) in [6.07, 6.45) is 6.00. The van der Waals surface area contributed by atoms with Gasteiger partial charge in [0.15, 0.2) is 0 Å². The van der Waals surface area contributed by atoms with Gasteiger partial charge in [0.1, 0.15) is 12.2 Å². The number of nitrogens with zero attached hydrogens (tertiary/aromatic N) is 2. The quantitative estimate of drug-likeness (QED) is 0.336. The number of carbonyl (C=O) groups excluding carboxylic acids is 2. The van der Waals surface area contributed by atoms with Gasteiger partial charge in [0.05, 0.1) is 12.5 Å². The number of pyridine rings is 2. The van der Waals surface area contributed by atoms with E-state index in [9.17, 15) is 14.4 Å². The number of aliphatic carboxylic acids is 1. The Morgan fingerprint density at radius 3 is 2.84 bits per heavy atom. The SMILES string of the molecule is O=C(O)C[C@H](NC(=O)CC(=O)NCCCc1ccc2c(n1)NCCC2)c1cccnc1. The van der Waals surface area contributed by atoms with E-state index >= 15 is 0 Å². The first-order valence-corrected chi connectivity index (χ1v) is 10.4. The standard InChI is InChI=1S/C22H27N5O4/c28-19(13-20(29)27-18(12-21(30)31)16-5-1-9-23-14-16)24-10-3-6-17-8-7-15-4-2-11-25-22(15)26-17/h1,5,7-9,14,18H,2-4,6,10-13H2,(H,24,28)(H,25,26)(H,27,29)(H,30,31)/t18-/m0/s1. The lowest BCUT2D eigenvalue weighted by atomic mass is 10.1. The van der Waals surface area contributed by atoms with E-state index in [0.29, 0.717) is 18.5 Å². The summed E-state index contributed by atoms with van der Waals surface area (Å²) in [4.78, 5) is 43.9. The van der Waals surface area contributed by atoms with Gasteiger partial charge >= 0.3 is 5.97 Å². The van der Waals surface area contributed by atoms with Gasteiger partial charge in [0.25, 0.3) is 0 Å². The molecule has 0 aliphatic carbocycles. The zero-order chi connectivity index (χ0) is 22.1. The van der Waals surface area contributed by atoms with E-state index in [-0.39, 0.29) is 12.8 Å². The molecule has 3 rings (SSSR count). The molecule has 1 atom stereocenters. The number of anilines is 1. The van der Waals surface area contributed by atoms with E-state index in [0.717, 1.165) is 37.3 Å². The molecule has 2 aromatic rings. The Kier molecular flexibility index (Phi) is 7.91. The summed E-state index contributed by atoms with van der Waals surface area (Å²) in [7, 11) is 0. The van der Waals surface area contributed by atoms with Crippen LogP contribution in [0.1, 0.15) is 48.5 Å². The van der Waals surface area contributed by atoms with Crippen LogP contribution in [0.15, 0.2) is 36.7 Å². The van der Waals surface area contributed by atoms with E-state index in [1.807, 2.05) is 6.07 Å². The molecule has 0 unspecified atom stereocenters. The molecule has 4 N–H and O–H groups in total. The highest BCUT2D eigenvalue weighted by atomic mass is 16.4. The van der Waals surface area contributed by atoms with Crippen LogP contribution in [0, 0.1) is 0 Å². The number of carboxylic acids is 1. The number of hydrogen-bond donors (Lipinski definition) is 4. The van der Waals surface area contributed by atoms with Crippen molar-refractivity contribution in [2.45, 2.75) is 44.6 Å². The van der Waals surface area contributed by atoms with Crippen LogP contribution in [0.5, 0.6) is 0 Å². The molecule has 1 aliphatic rings. The molecule has 0 saturated carbocycles. The Hall–Kier alpha value is -3.49. The Morgan fingerprint density at radius 2 is 2.06 bits per heavy atom. The number of carbonyl (C=O) groups is 3. The van der Waals surface area contributed by atoms with E-state index in [2.05, 4.69) is 32.0 Å². The van der Waals surface area contributed by atoms with Gasteiger partial charge in [-0.05, 0) is 48.9 Å². The van der Waals surface area contributed by atoms with Crippen LogP contribution in [0.3, 0.4) is 0 Å². The molecule has 2 amide bonds. The van der Waals surface area contributed by atoms with Gasteiger partial charge in [-0.2, -0.15) is 0 Å². The fourth-order valence-electron chi connectivity index (χ4n) is 3.47. The molecule has 0 aromatic carbocycles. The minimum Gasteiger partial charge on any atom is -0.481 e. The van der Waals surface area contributed by atoms with Crippen molar-refractivity contribution < 1.29 is 19.5 Å². The molecule has 0 radical (unpaired) electrons. The summed E-state index contributed by atoms with van der Waals surface area (Å²) in [6.45, 7) is 1.37.